The van der Waals surface area contributed by atoms with E-state index in [4.69, 9.17) is 0 Å². The van der Waals surface area contributed by atoms with Gasteiger partial charge in [0, 0.05) is 6.04 Å². The number of likely N-dealkylation sites (N-methyl/N-ethyl adjacent to an activating group) is 3. The molecule has 11 heavy (non-hydrogen) atoms. The highest BCUT2D eigenvalue weighted by Crippen LogP contribution is 2.03. The van der Waals surface area contributed by atoms with Gasteiger partial charge in [-0.05, 0) is 27.1 Å². The van der Waals surface area contributed by atoms with E-state index in [9.17, 15) is 0 Å². The Morgan fingerprint density at radius 2 is 1.27 bits per heavy atom. The first-order chi connectivity index (χ1) is 5.17. The van der Waals surface area contributed by atoms with Gasteiger partial charge in [0.15, 0.2) is 0 Å². The first-order valence-corrected chi connectivity index (χ1v) is 4.19. The van der Waals surface area contributed by atoms with Crippen LogP contribution < -0.4 is 16.0 Å². The average molecular weight is 159 g/mol. The minimum absolute atomic E-state index is 0.347. The lowest BCUT2D eigenvalue weighted by Crippen LogP contribution is -2.55. The van der Waals surface area contributed by atoms with Crippen molar-refractivity contribution in [3.63, 3.8) is 0 Å². The molecule has 0 amide bonds. The Labute approximate surface area is 69.9 Å². The summed E-state index contributed by atoms with van der Waals surface area (Å²) >= 11 is 0. The second kappa shape index (κ2) is 5.52. The van der Waals surface area contributed by atoms with Crippen LogP contribution in [0.2, 0.25) is 0 Å². The summed E-state index contributed by atoms with van der Waals surface area (Å²) in [5, 5.41) is 9.70. The van der Waals surface area contributed by atoms with E-state index in [1.807, 2.05) is 21.1 Å². The Kier molecular flexibility index (Phi) is 5.46. The first kappa shape index (κ1) is 10.9. The maximum absolute atomic E-state index is 3.28. The molecule has 0 aromatic carbocycles. The SMILES string of the molecule is CNC(NC)[C@H](NC)C(C)C. The Morgan fingerprint density at radius 1 is 0.818 bits per heavy atom. The molecule has 0 heterocycles. The van der Waals surface area contributed by atoms with E-state index >= 15 is 0 Å². The van der Waals surface area contributed by atoms with Gasteiger partial charge in [-0.3, -0.25) is 0 Å². The Bertz CT molecular complexity index is 89.3. The van der Waals surface area contributed by atoms with Crippen molar-refractivity contribution in [3.05, 3.63) is 0 Å². The fourth-order valence-corrected chi connectivity index (χ4v) is 1.39. The number of rotatable bonds is 5. The van der Waals surface area contributed by atoms with Crippen LogP contribution in [0.1, 0.15) is 13.8 Å². The van der Waals surface area contributed by atoms with Crippen LogP contribution in [0.5, 0.6) is 0 Å². The van der Waals surface area contributed by atoms with E-state index in [1.54, 1.807) is 0 Å². The molecular formula is C8H21N3. The molecule has 0 saturated heterocycles. The molecular weight excluding hydrogens is 138 g/mol. The lowest BCUT2D eigenvalue weighted by atomic mass is 10.0. The highest BCUT2D eigenvalue weighted by Gasteiger charge is 2.19. The molecule has 0 rings (SSSR count). The van der Waals surface area contributed by atoms with Crippen molar-refractivity contribution < 1.29 is 0 Å². The fraction of sp³-hybridized carbons (Fsp3) is 1.00. The van der Waals surface area contributed by atoms with Crippen molar-refractivity contribution in [2.45, 2.75) is 26.1 Å². The second-order valence-corrected chi connectivity index (χ2v) is 3.11. The predicted molar refractivity (Wildman–Crippen MR) is 49.6 cm³/mol. The van der Waals surface area contributed by atoms with Gasteiger partial charge in [-0.1, -0.05) is 13.8 Å². The molecule has 0 unspecified atom stereocenters. The van der Waals surface area contributed by atoms with Gasteiger partial charge in [-0.15, -0.1) is 0 Å². The minimum atomic E-state index is 0.347. The quantitative estimate of drug-likeness (QED) is 0.494. The van der Waals surface area contributed by atoms with Crippen LogP contribution in [0.3, 0.4) is 0 Å². The molecule has 0 aliphatic carbocycles. The largest absolute Gasteiger partial charge is 0.314 e. The third kappa shape index (κ3) is 3.18. The molecule has 1 atom stereocenters. The Hall–Kier alpha value is -0.120. The van der Waals surface area contributed by atoms with Gasteiger partial charge in [0.25, 0.3) is 0 Å². The molecule has 3 N–H and O–H groups in total. The van der Waals surface area contributed by atoms with E-state index in [0.717, 1.165) is 0 Å². The molecule has 0 bridgehead atoms. The third-order valence-electron chi connectivity index (χ3n) is 2.03. The smallest absolute Gasteiger partial charge is 0.0727 e. The van der Waals surface area contributed by atoms with Gasteiger partial charge >= 0.3 is 0 Å². The Balaban J connectivity index is 3.98. The topological polar surface area (TPSA) is 36.1 Å². The van der Waals surface area contributed by atoms with Crippen LogP contribution in [0, 0.1) is 5.92 Å². The lowest BCUT2D eigenvalue weighted by molar-refractivity contribution is 0.300. The highest BCUT2D eigenvalue weighted by molar-refractivity contribution is 4.79. The summed E-state index contributed by atoms with van der Waals surface area (Å²) in [4.78, 5) is 0. The average Bonchev–Trinajstić information content (AvgIpc) is 1.99. The molecule has 0 saturated carbocycles. The van der Waals surface area contributed by atoms with Crippen molar-refractivity contribution in [2.24, 2.45) is 5.92 Å². The summed E-state index contributed by atoms with van der Waals surface area (Å²) in [6.07, 6.45) is 0.347. The zero-order valence-corrected chi connectivity index (χ0v) is 8.23. The summed E-state index contributed by atoms with van der Waals surface area (Å²) in [5.74, 6) is 0.630. The molecule has 0 aliphatic rings. The van der Waals surface area contributed by atoms with Crippen LogP contribution in [-0.4, -0.2) is 33.4 Å². The molecule has 0 aromatic rings. The summed E-state index contributed by atoms with van der Waals surface area (Å²) in [6.45, 7) is 4.42. The highest BCUT2D eigenvalue weighted by atomic mass is 15.1. The van der Waals surface area contributed by atoms with Crippen LogP contribution in [-0.2, 0) is 0 Å². The molecule has 0 spiro atoms. The lowest BCUT2D eigenvalue weighted by Gasteiger charge is -2.29. The standard InChI is InChI=1S/C8H21N3/c1-6(2)7(9-3)8(10-4)11-5/h6-11H,1-5H3/t7-/m1/s1. The van der Waals surface area contributed by atoms with Gasteiger partial charge in [0.1, 0.15) is 0 Å². The van der Waals surface area contributed by atoms with Crippen molar-refractivity contribution in [2.75, 3.05) is 21.1 Å². The van der Waals surface area contributed by atoms with Crippen LogP contribution >= 0.6 is 0 Å². The molecule has 0 aromatic heterocycles. The predicted octanol–water partition coefficient (Wildman–Crippen LogP) is -0.00470. The number of hydrogen-bond donors (Lipinski definition) is 3. The monoisotopic (exact) mass is 159 g/mol. The van der Waals surface area contributed by atoms with Crippen LogP contribution in [0.25, 0.3) is 0 Å². The van der Waals surface area contributed by atoms with Crippen molar-refractivity contribution in [1.29, 1.82) is 0 Å². The number of hydrogen-bond acceptors (Lipinski definition) is 3. The van der Waals surface area contributed by atoms with E-state index in [-0.39, 0.29) is 0 Å². The summed E-state index contributed by atoms with van der Waals surface area (Å²) < 4.78 is 0. The van der Waals surface area contributed by atoms with Crippen molar-refractivity contribution >= 4 is 0 Å². The maximum Gasteiger partial charge on any atom is 0.0727 e. The molecule has 3 heteroatoms. The summed E-state index contributed by atoms with van der Waals surface area (Å²) in [6, 6.07) is 0.477. The van der Waals surface area contributed by atoms with E-state index in [2.05, 4.69) is 29.8 Å². The minimum Gasteiger partial charge on any atom is -0.314 e. The summed E-state index contributed by atoms with van der Waals surface area (Å²) in [5.41, 5.74) is 0. The van der Waals surface area contributed by atoms with Gasteiger partial charge in [0.2, 0.25) is 0 Å². The molecule has 0 aliphatic heterocycles. The fourth-order valence-electron chi connectivity index (χ4n) is 1.39. The van der Waals surface area contributed by atoms with Gasteiger partial charge in [-0.25, -0.2) is 0 Å². The summed E-state index contributed by atoms with van der Waals surface area (Å²) in [7, 11) is 5.92. The normalized spacial score (nSPS) is 14.5. The van der Waals surface area contributed by atoms with Crippen LogP contribution in [0.15, 0.2) is 0 Å². The zero-order valence-electron chi connectivity index (χ0n) is 8.23. The van der Waals surface area contributed by atoms with E-state index < -0.39 is 0 Å². The van der Waals surface area contributed by atoms with Crippen LogP contribution in [0.4, 0.5) is 0 Å². The third-order valence-corrected chi connectivity index (χ3v) is 2.03. The maximum atomic E-state index is 3.28. The first-order valence-electron chi connectivity index (χ1n) is 4.19. The van der Waals surface area contributed by atoms with Gasteiger partial charge in [0.05, 0.1) is 6.17 Å². The molecule has 3 nitrogen and oxygen atoms in total. The van der Waals surface area contributed by atoms with E-state index in [1.165, 1.54) is 0 Å². The van der Waals surface area contributed by atoms with Crippen molar-refractivity contribution in [3.8, 4) is 0 Å². The van der Waals surface area contributed by atoms with Gasteiger partial charge in [-0.2, -0.15) is 0 Å². The van der Waals surface area contributed by atoms with Crippen molar-refractivity contribution in [1.82, 2.24) is 16.0 Å². The molecule has 0 fully saturated rings. The number of nitrogens with one attached hydrogen (secondary N) is 3. The Morgan fingerprint density at radius 3 is 1.36 bits per heavy atom. The van der Waals surface area contributed by atoms with E-state index in [0.29, 0.717) is 18.1 Å². The molecule has 0 radical (unpaired) electrons. The van der Waals surface area contributed by atoms with Gasteiger partial charge < -0.3 is 16.0 Å². The molecule has 68 valence electrons. The second-order valence-electron chi connectivity index (χ2n) is 3.11. The zero-order chi connectivity index (χ0) is 8.85.